The maximum atomic E-state index is 14.8. The van der Waals surface area contributed by atoms with Crippen LogP contribution in [0.25, 0.3) is 11.6 Å². The first-order chi connectivity index (χ1) is 22.4. The molecule has 0 bridgehead atoms. The number of hydrogen-bond donors (Lipinski definition) is 2. The van der Waals surface area contributed by atoms with Crippen LogP contribution in [-0.4, -0.2) is 65.8 Å². The van der Waals surface area contributed by atoms with Crippen LogP contribution in [0.15, 0.2) is 47.1 Å². The number of methoxy groups -OCH3 is 1. The fourth-order valence-electron chi connectivity index (χ4n) is 5.70. The molecule has 242 valence electrons. The van der Waals surface area contributed by atoms with Gasteiger partial charge in [0.05, 0.1) is 12.7 Å². The van der Waals surface area contributed by atoms with Gasteiger partial charge in [-0.1, -0.05) is 17.3 Å². The monoisotopic (exact) mass is 637 g/mol. The first-order valence-corrected chi connectivity index (χ1v) is 15.2. The van der Waals surface area contributed by atoms with E-state index in [9.17, 15) is 18.0 Å². The summed E-state index contributed by atoms with van der Waals surface area (Å²) in [5.74, 6) is -3.63. The Morgan fingerprint density at radius 2 is 1.80 bits per heavy atom. The Labute approximate surface area is 263 Å². The van der Waals surface area contributed by atoms with E-state index in [-0.39, 0.29) is 25.0 Å². The summed E-state index contributed by atoms with van der Waals surface area (Å²) in [6.07, 6.45) is 4.70. The SMILES string of the molecule is COc1ccc(COc2c(F)cc(C(=O)NC[C@H]3CC[C@H](c4noc(-c5ccnc(N6CCNCC6)n5)n4)CC3)c(F)c2F)cc1. The molecule has 11 nitrogen and oxygen atoms in total. The molecular weight excluding hydrogens is 603 g/mol. The standard InChI is InChI=1S/C32H34F3N7O4/c1-44-22-8-4-20(5-9-22)18-45-28-24(33)16-23(26(34)27(28)35)30(43)38-17-19-2-6-21(7-3-19)29-40-31(46-41-29)25-10-11-37-32(39-25)42-14-12-36-13-15-42/h4-5,8-11,16,19,21,36H,2-3,6-7,12-15,17-18H2,1H3,(H,38,43)/t19-,21-. The summed E-state index contributed by atoms with van der Waals surface area (Å²) in [6, 6.07) is 9.04. The van der Waals surface area contributed by atoms with E-state index in [0.717, 1.165) is 51.9 Å². The fourth-order valence-corrected chi connectivity index (χ4v) is 5.70. The molecule has 14 heteroatoms. The fraction of sp³-hybridized carbons (Fsp3) is 0.406. The lowest BCUT2D eigenvalue weighted by Crippen LogP contribution is -2.44. The summed E-state index contributed by atoms with van der Waals surface area (Å²) >= 11 is 0. The summed E-state index contributed by atoms with van der Waals surface area (Å²) in [5.41, 5.74) is 0.447. The van der Waals surface area contributed by atoms with Gasteiger partial charge >= 0.3 is 0 Å². The van der Waals surface area contributed by atoms with Crippen LogP contribution in [0.1, 0.15) is 53.3 Å². The highest BCUT2D eigenvalue weighted by Crippen LogP contribution is 2.35. The third kappa shape index (κ3) is 7.06. The molecule has 4 aromatic rings. The predicted molar refractivity (Wildman–Crippen MR) is 161 cm³/mol. The van der Waals surface area contributed by atoms with Crippen molar-refractivity contribution in [1.29, 1.82) is 0 Å². The van der Waals surface area contributed by atoms with Crippen LogP contribution in [0.3, 0.4) is 0 Å². The van der Waals surface area contributed by atoms with Crippen molar-refractivity contribution in [1.82, 2.24) is 30.7 Å². The Morgan fingerprint density at radius 1 is 1.04 bits per heavy atom. The lowest BCUT2D eigenvalue weighted by atomic mass is 9.81. The molecule has 0 spiro atoms. The number of ether oxygens (including phenoxy) is 2. The van der Waals surface area contributed by atoms with Crippen LogP contribution in [0.2, 0.25) is 0 Å². The summed E-state index contributed by atoms with van der Waals surface area (Å²) < 4.78 is 60.1. The second kappa shape index (κ2) is 14.1. The third-order valence-electron chi connectivity index (χ3n) is 8.37. The van der Waals surface area contributed by atoms with Crippen LogP contribution in [0.5, 0.6) is 11.5 Å². The van der Waals surface area contributed by atoms with Gasteiger partial charge in [-0.05, 0) is 61.4 Å². The normalized spacial score (nSPS) is 18.3. The molecule has 0 radical (unpaired) electrons. The third-order valence-corrected chi connectivity index (χ3v) is 8.37. The van der Waals surface area contributed by atoms with Gasteiger partial charge in [0, 0.05) is 44.8 Å². The van der Waals surface area contributed by atoms with Gasteiger partial charge in [0.25, 0.3) is 11.8 Å². The molecule has 1 amide bonds. The van der Waals surface area contributed by atoms with E-state index < -0.39 is 34.7 Å². The van der Waals surface area contributed by atoms with Crippen molar-refractivity contribution >= 4 is 11.9 Å². The molecule has 2 aromatic carbocycles. The molecule has 2 fully saturated rings. The zero-order valence-corrected chi connectivity index (χ0v) is 25.3. The number of hydrogen-bond acceptors (Lipinski definition) is 10. The number of aromatic nitrogens is 4. The smallest absolute Gasteiger partial charge is 0.276 e. The Hall–Kier alpha value is -4.72. The van der Waals surface area contributed by atoms with Crippen LogP contribution in [-0.2, 0) is 6.61 Å². The van der Waals surface area contributed by atoms with E-state index >= 15 is 0 Å². The molecule has 0 atom stereocenters. The van der Waals surface area contributed by atoms with Gasteiger partial charge in [-0.25, -0.2) is 18.7 Å². The maximum Gasteiger partial charge on any atom is 0.276 e. The largest absolute Gasteiger partial charge is 0.497 e. The first kappa shape index (κ1) is 31.3. The van der Waals surface area contributed by atoms with Crippen molar-refractivity contribution in [2.45, 2.75) is 38.2 Å². The van der Waals surface area contributed by atoms with Gasteiger partial charge < -0.3 is 29.5 Å². The van der Waals surface area contributed by atoms with Crippen molar-refractivity contribution in [3.63, 3.8) is 0 Å². The number of piperazine rings is 1. The molecule has 6 rings (SSSR count). The van der Waals surface area contributed by atoms with Gasteiger partial charge in [0.1, 0.15) is 18.1 Å². The quantitative estimate of drug-likeness (QED) is 0.237. The maximum absolute atomic E-state index is 14.8. The highest BCUT2D eigenvalue weighted by atomic mass is 19.2. The number of halogens is 3. The van der Waals surface area contributed by atoms with Crippen molar-refractivity contribution in [2.24, 2.45) is 5.92 Å². The van der Waals surface area contributed by atoms with Crippen LogP contribution in [0, 0.1) is 23.4 Å². The Kier molecular flexibility index (Phi) is 9.62. The van der Waals surface area contributed by atoms with Gasteiger partial charge in [-0.2, -0.15) is 9.37 Å². The van der Waals surface area contributed by atoms with Crippen LogP contribution in [0.4, 0.5) is 19.1 Å². The second-order valence-corrected chi connectivity index (χ2v) is 11.4. The molecule has 1 saturated carbocycles. The highest BCUT2D eigenvalue weighted by Gasteiger charge is 2.28. The molecule has 0 unspecified atom stereocenters. The van der Waals surface area contributed by atoms with Gasteiger partial charge in [-0.15, -0.1) is 0 Å². The van der Waals surface area contributed by atoms with Gasteiger partial charge in [0.15, 0.2) is 23.2 Å². The summed E-state index contributed by atoms with van der Waals surface area (Å²) in [7, 11) is 1.51. The molecule has 3 heterocycles. The van der Waals surface area contributed by atoms with Crippen LogP contribution >= 0.6 is 0 Å². The summed E-state index contributed by atoms with van der Waals surface area (Å²) in [6.45, 7) is 3.41. The van der Waals surface area contributed by atoms with E-state index in [4.69, 9.17) is 14.0 Å². The lowest BCUT2D eigenvalue weighted by Gasteiger charge is -2.27. The Bertz CT molecular complexity index is 1660. The van der Waals surface area contributed by atoms with Crippen molar-refractivity contribution in [3.8, 4) is 23.1 Å². The van der Waals surface area contributed by atoms with Gasteiger partial charge in [-0.3, -0.25) is 4.79 Å². The minimum atomic E-state index is -1.55. The minimum Gasteiger partial charge on any atom is -0.497 e. The number of benzene rings is 2. The van der Waals surface area contributed by atoms with E-state index in [1.807, 2.05) is 0 Å². The van der Waals surface area contributed by atoms with E-state index in [2.05, 4.69) is 35.6 Å². The van der Waals surface area contributed by atoms with Crippen LogP contribution < -0.4 is 25.0 Å². The number of rotatable bonds is 10. The van der Waals surface area contributed by atoms with E-state index in [0.29, 0.717) is 40.7 Å². The number of nitrogens with one attached hydrogen (secondary N) is 2. The summed E-state index contributed by atoms with van der Waals surface area (Å²) in [4.78, 5) is 28.4. The van der Waals surface area contributed by atoms with Gasteiger partial charge in [0.2, 0.25) is 11.8 Å². The Morgan fingerprint density at radius 3 is 2.54 bits per heavy atom. The molecule has 1 aliphatic carbocycles. The molecule has 2 N–H and O–H groups in total. The summed E-state index contributed by atoms with van der Waals surface area (Å²) in [5, 5.41) is 10.1. The number of amides is 1. The molecule has 46 heavy (non-hydrogen) atoms. The molecule has 1 aliphatic heterocycles. The molecule has 2 aliphatic rings. The van der Waals surface area contributed by atoms with E-state index in [1.54, 1.807) is 36.5 Å². The van der Waals surface area contributed by atoms with E-state index in [1.165, 1.54) is 7.11 Å². The predicted octanol–water partition coefficient (Wildman–Crippen LogP) is 4.64. The molecule has 1 saturated heterocycles. The first-order valence-electron chi connectivity index (χ1n) is 15.2. The number of carbonyl (C=O) groups excluding carboxylic acids is 1. The average Bonchev–Trinajstić information content (AvgIpc) is 3.60. The number of anilines is 1. The van der Waals surface area contributed by atoms with Crippen molar-refractivity contribution in [2.75, 3.05) is 44.7 Å². The zero-order chi connectivity index (χ0) is 32.0. The average molecular weight is 638 g/mol. The second-order valence-electron chi connectivity index (χ2n) is 11.4. The number of nitrogens with zero attached hydrogens (tertiary/aromatic N) is 5. The number of carbonyl (C=O) groups is 1. The minimum absolute atomic E-state index is 0.0741. The molecular formula is C32H34F3N7O4. The van der Waals surface area contributed by atoms with Crippen molar-refractivity contribution < 1.29 is 32.0 Å². The Balaban J connectivity index is 1.00. The lowest BCUT2D eigenvalue weighted by molar-refractivity contribution is 0.0936. The highest BCUT2D eigenvalue weighted by molar-refractivity contribution is 5.94. The zero-order valence-electron chi connectivity index (χ0n) is 25.3. The topological polar surface area (TPSA) is 128 Å². The molecule has 2 aromatic heterocycles. The van der Waals surface area contributed by atoms with Crippen molar-refractivity contribution in [3.05, 3.63) is 77.0 Å².